The number of nitrogens with zero attached hydrogens (tertiary/aromatic N) is 2. The fourth-order valence-electron chi connectivity index (χ4n) is 1.08. The van der Waals surface area contributed by atoms with Crippen molar-refractivity contribution in [2.75, 3.05) is 13.7 Å². The maximum Gasteiger partial charge on any atom is 0.327 e. The molecule has 0 aliphatic rings. The van der Waals surface area contributed by atoms with Gasteiger partial charge in [0.05, 0.1) is 7.11 Å². The van der Waals surface area contributed by atoms with Crippen LogP contribution in [0.5, 0.6) is 0 Å². The van der Waals surface area contributed by atoms with Crippen molar-refractivity contribution in [2.45, 2.75) is 13.5 Å². The van der Waals surface area contributed by atoms with E-state index in [0.29, 0.717) is 4.80 Å². The van der Waals surface area contributed by atoms with Crippen LogP contribution in [0.2, 0.25) is 0 Å². The van der Waals surface area contributed by atoms with Crippen LogP contribution < -0.4 is 4.80 Å². The summed E-state index contributed by atoms with van der Waals surface area (Å²) in [4.78, 5) is 26.9. The van der Waals surface area contributed by atoms with Gasteiger partial charge in [0.2, 0.25) is 0 Å². The maximum atomic E-state index is 10.9. The van der Waals surface area contributed by atoms with Crippen molar-refractivity contribution in [1.82, 2.24) is 4.57 Å². The summed E-state index contributed by atoms with van der Waals surface area (Å²) in [6.45, 7) is 1.58. The number of rotatable bonds is 4. The molecule has 0 bridgehead atoms. The van der Waals surface area contributed by atoms with Crippen molar-refractivity contribution in [3.63, 3.8) is 0 Å². The minimum absolute atomic E-state index is 0.101. The van der Waals surface area contributed by atoms with Gasteiger partial charge in [0.1, 0.15) is 13.1 Å². The van der Waals surface area contributed by atoms with Gasteiger partial charge < -0.3 is 14.4 Å². The van der Waals surface area contributed by atoms with E-state index >= 15 is 0 Å². The van der Waals surface area contributed by atoms with Gasteiger partial charge in [-0.15, -0.1) is 11.3 Å². The van der Waals surface area contributed by atoms with Crippen molar-refractivity contribution >= 4 is 23.3 Å². The predicted octanol–water partition coefficient (Wildman–Crippen LogP) is 0.0163. The number of carbonyl (C=O) groups is 2. The smallest absolute Gasteiger partial charge is 0.327 e. The molecule has 1 rings (SSSR count). The Hall–Kier alpha value is -1.63. The average molecular weight is 244 g/mol. The number of aromatic nitrogens is 1. The average Bonchev–Trinajstić information content (AvgIpc) is 2.54. The third-order valence-corrected chi connectivity index (χ3v) is 2.69. The first-order chi connectivity index (χ1) is 7.52. The Labute approximate surface area is 95.8 Å². The van der Waals surface area contributed by atoms with Gasteiger partial charge in [-0.2, -0.15) is 0 Å². The number of thiazole rings is 1. The summed E-state index contributed by atoms with van der Waals surface area (Å²) in [6.07, 6.45) is 1.69. The zero-order chi connectivity index (χ0) is 12.1. The normalized spacial score (nSPS) is 11.5. The second kappa shape index (κ2) is 5.45. The lowest BCUT2D eigenvalue weighted by Gasteiger charge is -1.97. The molecular formula is C9H12N2O4S. The number of esters is 1. The molecule has 1 heterocycles. The van der Waals surface area contributed by atoms with E-state index in [0.717, 1.165) is 4.88 Å². The Morgan fingerprint density at radius 2 is 2.31 bits per heavy atom. The molecule has 0 atom stereocenters. The second-order valence-electron chi connectivity index (χ2n) is 3.04. The predicted molar refractivity (Wildman–Crippen MR) is 57.1 cm³/mol. The quantitative estimate of drug-likeness (QED) is 0.757. The fraction of sp³-hybridized carbons (Fsp3) is 0.444. The molecule has 88 valence electrons. The fourth-order valence-corrected chi connectivity index (χ4v) is 1.91. The lowest BCUT2D eigenvalue weighted by atomic mass is 10.6. The van der Waals surface area contributed by atoms with E-state index < -0.39 is 11.9 Å². The third kappa shape index (κ3) is 3.50. The van der Waals surface area contributed by atoms with Crippen LogP contribution in [0.25, 0.3) is 0 Å². The molecule has 1 aromatic heterocycles. The number of ether oxygens (including phenoxy) is 1. The van der Waals surface area contributed by atoms with Gasteiger partial charge in [-0.05, 0) is 6.92 Å². The highest BCUT2D eigenvalue weighted by molar-refractivity contribution is 7.09. The Balaban J connectivity index is 2.93. The Kier molecular flexibility index (Phi) is 4.24. The number of aliphatic carboxylic acids is 1. The van der Waals surface area contributed by atoms with Crippen LogP contribution in [0.4, 0.5) is 0 Å². The van der Waals surface area contributed by atoms with Crippen molar-refractivity contribution in [3.8, 4) is 0 Å². The van der Waals surface area contributed by atoms with Crippen LogP contribution in [0.3, 0.4) is 0 Å². The SMILES string of the molecule is COC(=O)C/N=c1\sc(C)cn1CC(=O)O. The molecular weight excluding hydrogens is 232 g/mol. The van der Waals surface area contributed by atoms with E-state index in [9.17, 15) is 9.59 Å². The van der Waals surface area contributed by atoms with E-state index in [1.54, 1.807) is 6.20 Å². The lowest BCUT2D eigenvalue weighted by molar-refractivity contribution is -0.139. The molecule has 0 aliphatic heterocycles. The van der Waals surface area contributed by atoms with Crippen molar-refractivity contribution in [2.24, 2.45) is 4.99 Å². The zero-order valence-corrected chi connectivity index (χ0v) is 9.78. The first-order valence-electron chi connectivity index (χ1n) is 4.49. The molecule has 6 nitrogen and oxygen atoms in total. The van der Waals surface area contributed by atoms with Crippen LogP contribution >= 0.6 is 11.3 Å². The molecule has 1 aromatic rings. The molecule has 0 saturated carbocycles. The molecule has 0 unspecified atom stereocenters. The molecule has 0 saturated heterocycles. The van der Waals surface area contributed by atoms with Crippen LogP contribution in [-0.2, 0) is 20.9 Å². The Bertz CT molecular complexity index is 460. The second-order valence-corrected chi connectivity index (χ2v) is 4.25. The Morgan fingerprint density at radius 3 is 2.88 bits per heavy atom. The third-order valence-electron chi connectivity index (χ3n) is 1.71. The summed E-state index contributed by atoms with van der Waals surface area (Å²) < 4.78 is 5.94. The van der Waals surface area contributed by atoms with Gasteiger partial charge >= 0.3 is 11.9 Å². The number of carboxylic acids is 1. The minimum Gasteiger partial charge on any atom is -0.480 e. The zero-order valence-electron chi connectivity index (χ0n) is 8.97. The first kappa shape index (κ1) is 12.4. The summed E-state index contributed by atoms with van der Waals surface area (Å²) in [5.74, 6) is -1.40. The lowest BCUT2D eigenvalue weighted by Crippen LogP contribution is -2.20. The summed E-state index contributed by atoms with van der Waals surface area (Å²) in [5.41, 5.74) is 0. The van der Waals surface area contributed by atoms with E-state index in [1.807, 2.05) is 6.92 Å². The molecule has 16 heavy (non-hydrogen) atoms. The van der Waals surface area contributed by atoms with Crippen LogP contribution in [-0.4, -0.2) is 35.3 Å². The molecule has 0 fully saturated rings. The van der Waals surface area contributed by atoms with Crippen molar-refractivity contribution in [1.29, 1.82) is 0 Å². The van der Waals surface area contributed by atoms with E-state index in [1.165, 1.54) is 23.0 Å². The summed E-state index contributed by atoms with van der Waals surface area (Å²) in [5, 5.41) is 8.67. The van der Waals surface area contributed by atoms with Gasteiger partial charge in [0.25, 0.3) is 0 Å². The van der Waals surface area contributed by atoms with Crippen LogP contribution in [0.1, 0.15) is 4.88 Å². The van der Waals surface area contributed by atoms with Crippen LogP contribution in [0.15, 0.2) is 11.2 Å². The molecule has 0 spiro atoms. The van der Waals surface area contributed by atoms with E-state index in [-0.39, 0.29) is 13.1 Å². The number of carboxylic acid groups (broad SMARTS) is 1. The molecule has 0 aromatic carbocycles. The standard InChI is InChI=1S/C9H12N2O4S/c1-6-4-11(5-7(12)13)9(16-6)10-3-8(14)15-2/h4H,3,5H2,1-2H3,(H,12,13)/b10-9-. The first-order valence-corrected chi connectivity index (χ1v) is 5.30. The number of hydrogen-bond acceptors (Lipinski definition) is 5. The van der Waals surface area contributed by atoms with Gasteiger partial charge in [0, 0.05) is 11.1 Å². The number of hydrogen-bond donors (Lipinski definition) is 1. The summed E-state index contributed by atoms with van der Waals surface area (Å²) in [7, 11) is 1.28. The largest absolute Gasteiger partial charge is 0.480 e. The van der Waals surface area contributed by atoms with Gasteiger partial charge in [-0.25, -0.2) is 4.99 Å². The van der Waals surface area contributed by atoms with Gasteiger partial charge in [-0.3, -0.25) is 9.59 Å². The summed E-state index contributed by atoms with van der Waals surface area (Å²) >= 11 is 1.33. The number of carbonyl (C=O) groups excluding carboxylic acids is 1. The molecule has 0 aliphatic carbocycles. The molecule has 0 radical (unpaired) electrons. The van der Waals surface area contributed by atoms with Gasteiger partial charge in [0.15, 0.2) is 4.80 Å². The highest BCUT2D eigenvalue weighted by Gasteiger charge is 2.04. The molecule has 0 amide bonds. The maximum absolute atomic E-state index is 10.9. The van der Waals surface area contributed by atoms with Crippen molar-refractivity contribution < 1.29 is 19.4 Å². The highest BCUT2D eigenvalue weighted by Crippen LogP contribution is 2.00. The Morgan fingerprint density at radius 1 is 1.62 bits per heavy atom. The number of aryl methyl sites for hydroxylation is 1. The van der Waals surface area contributed by atoms with Crippen molar-refractivity contribution in [3.05, 3.63) is 15.9 Å². The molecule has 7 heteroatoms. The minimum atomic E-state index is -0.947. The summed E-state index contributed by atoms with van der Waals surface area (Å²) in [6, 6.07) is 0. The molecule has 1 N–H and O–H groups in total. The highest BCUT2D eigenvalue weighted by atomic mass is 32.1. The van der Waals surface area contributed by atoms with Crippen LogP contribution in [0, 0.1) is 6.92 Å². The van der Waals surface area contributed by atoms with E-state index in [4.69, 9.17) is 5.11 Å². The van der Waals surface area contributed by atoms with E-state index in [2.05, 4.69) is 9.73 Å². The number of methoxy groups -OCH3 is 1. The van der Waals surface area contributed by atoms with Gasteiger partial charge in [-0.1, -0.05) is 0 Å². The topological polar surface area (TPSA) is 80.9 Å². The monoisotopic (exact) mass is 244 g/mol.